The molecule has 18 atom stereocenters. The summed E-state index contributed by atoms with van der Waals surface area (Å²) in [6, 6.07) is -3.87. The van der Waals surface area contributed by atoms with Gasteiger partial charge >= 0.3 is 0 Å². The van der Waals surface area contributed by atoms with Crippen molar-refractivity contribution in [3.63, 3.8) is 0 Å². The van der Waals surface area contributed by atoms with E-state index in [0.29, 0.717) is 6.42 Å². The van der Waals surface area contributed by atoms with Crippen LogP contribution in [0.5, 0.6) is 0 Å². The van der Waals surface area contributed by atoms with Crippen LogP contribution < -0.4 is 16.0 Å². The van der Waals surface area contributed by atoms with E-state index in [1.165, 1.54) is 122 Å². The first-order chi connectivity index (χ1) is 39.1. The third-order valence-corrected chi connectivity index (χ3v) is 16.3. The molecule has 0 aromatic rings. The van der Waals surface area contributed by atoms with Crippen LogP contribution in [0.1, 0.15) is 207 Å². The van der Waals surface area contributed by atoms with Gasteiger partial charge in [0.15, 0.2) is 12.6 Å². The molecule has 0 unspecified atom stereocenters. The molecule has 0 aromatic carbocycles. The van der Waals surface area contributed by atoms with E-state index in [2.05, 4.69) is 29.8 Å². The summed E-state index contributed by atoms with van der Waals surface area (Å²) in [5, 5.41) is 117. The number of carbonyl (C=O) groups excluding carboxylic acids is 3. The number of nitrogens with one attached hydrogen (secondary N) is 3. The number of ether oxygens (including phenoxy) is 6. The minimum Gasteiger partial charge on any atom is -0.394 e. The number of morpholine rings is 1. The van der Waals surface area contributed by atoms with E-state index in [0.717, 1.165) is 51.9 Å². The average molecular weight is 1160 g/mol. The van der Waals surface area contributed by atoms with E-state index in [1.807, 2.05) is 6.08 Å². The van der Waals surface area contributed by atoms with Crippen molar-refractivity contribution < 1.29 is 93.9 Å². The maximum Gasteiger partial charge on any atom is 0.280 e. The molecule has 4 aliphatic heterocycles. The van der Waals surface area contributed by atoms with Gasteiger partial charge in [0.1, 0.15) is 67.1 Å². The van der Waals surface area contributed by atoms with Gasteiger partial charge in [-0.2, -0.15) is 0 Å². The molecule has 4 fully saturated rings. The van der Waals surface area contributed by atoms with Gasteiger partial charge in [0.05, 0.1) is 50.7 Å². The number of hydrogen-bond acceptors (Lipinski definition) is 19. The van der Waals surface area contributed by atoms with Crippen LogP contribution in [-0.4, -0.2) is 205 Å². The maximum atomic E-state index is 14.0. The van der Waals surface area contributed by atoms with Crippen molar-refractivity contribution in [2.24, 2.45) is 0 Å². The normalized spacial score (nSPS) is 31.1. The second-order valence-corrected chi connectivity index (χ2v) is 23.1. The number of unbranched alkanes of at least 4 members (excludes halogenated alkanes) is 25. The van der Waals surface area contributed by atoms with Crippen LogP contribution in [-0.2, 0) is 42.8 Å². The lowest BCUT2D eigenvalue weighted by Crippen LogP contribution is -2.78. The first-order valence-corrected chi connectivity index (χ1v) is 31.1. The van der Waals surface area contributed by atoms with Gasteiger partial charge in [-0.15, -0.1) is 0 Å². The van der Waals surface area contributed by atoms with Crippen molar-refractivity contribution in [2.75, 3.05) is 26.4 Å². The molecule has 0 bridgehead atoms. The molecular formula is C59H107N3O19. The van der Waals surface area contributed by atoms with E-state index < -0.39 is 148 Å². The van der Waals surface area contributed by atoms with Gasteiger partial charge in [-0.25, -0.2) is 0 Å². The topological polar surface area (TPSA) is 345 Å². The number of amides is 3. The Labute approximate surface area is 481 Å². The number of aliphatic hydroxyl groups excluding tert-OH is 10. The third-order valence-electron chi connectivity index (χ3n) is 16.3. The lowest BCUT2D eigenvalue weighted by atomic mass is 9.86. The molecule has 4 aliphatic rings. The summed E-state index contributed by atoms with van der Waals surface area (Å²) < 4.78 is 36.0. The lowest BCUT2D eigenvalue weighted by molar-refractivity contribution is -0.379. The van der Waals surface area contributed by atoms with Gasteiger partial charge in [0.2, 0.25) is 11.8 Å². The molecule has 22 nitrogen and oxygen atoms in total. The van der Waals surface area contributed by atoms with E-state index in [-0.39, 0.29) is 18.9 Å². The molecule has 22 heteroatoms. The Balaban J connectivity index is 1.36. The van der Waals surface area contributed by atoms with Crippen LogP contribution in [0.25, 0.3) is 0 Å². The highest BCUT2D eigenvalue weighted by atomic mass is 16.8. The van der Waals surface area contributed by atoms with Crippen LogP contribution in [0, 0.1) is 0 Å². The van der Waals surface area contributed by atoms with Crippen LogP contribution in [0.2, 0.25) is 0 Å². The molecule has 0 radical (unpaired) electrons. The van der Waals surface area contributed by atoms with Crippen LogP contribution in [0.3, 0.4) is 0 Å². The van der Waals surface area contributed by atoms with Gasteiger partial charge in [0.25, 0.3) is 11.7 Å². The summed E-state index contributed by atoms with van der Waals surface area (Å²) in [6.07, 6.45) is 11.5. The molecule has 1 spiro atoms. The highest BCUT2D eigenvalue weighted by Gasteiger charge is 2.63. The molecule has 472 valence electrons. The van der Waals surface area contributed by atoms with E-state index >= 15 is 0 Å². The van der Waals surface area contributed by atoms with Crippen LogP contribution >= 0.6 is 0 Å². The van der Waals surface area contributed by atoms with Gasteiger partial charge < -0.3 is 95.4 Å². The lowest BCUT2D eigenvalue weighted by Gasteiger charge is -2.55. The van der Waals surface area contributed by atoms with Gasteiger partial charge in [0, 0.05) is 19.8 Å². The molecule has 13 N–H and O–H groups in total. The Morgan fingerprint density at radius 3 is 1.73 bits per heavy atom. The highest BCUT2D eigenvalue weighted by molar-refractivity contribution is 5.85. The van der Waals surface area contributed by atoms with Gasteiger partial charge in [-0.05, 0) is 19.3 Å². The number of rotatable bonds is 42. The quantitative estimate of drug-likeness (QED) is 0.0308. The van der Waals surface area contributed by atoms with Gasteiger partial charge in [-0.1, -0.05) is 180 Å². The zero-order valence-electron chi connectivity index (χ0n) is 49.0. The summed E-state index contributed by atoms with van der Waals surface area (Å²) in [4.78, 5) is 39.5. The summed E-state index contributed by atoms with van der Waals surface area (Å²) in [7, 11) is 0. The van der Waals surface area contributed by atoms with Crippen molar-refractivity contribution >= 4 is 17.7 Å². The Morgan fingerprint density at radius 2 is 1.21 bits per heavy atom. The first kappa shape index (κ1) is 71.0. The Kier molecular flexibility index (Phi) is 34.4. The summed E-state index contributed by atoms with van der Waals surface area (Å²) in [5.41, 5.74) is 0. The standard InChI is InChI=1S/C59H107N3O19/c1-4-6-8-10-12-14-16-18-19-21-23-25-27-29-31-33-46(70)61-40(41(67)32-30-28-26-24-22-20-17-15-13-11-9-7-5-2)38-76-57-52(74)51(73)53(45(37-65)78-57)79-56-48-55(50(72)44(36-64)77-56)81-59(58(75)62-48)34-42(68)47(60-39(3)66)54(80-59)49(71)43(69)35-63/h30,32,40-45,47-57,63-65,67-69,71-74H,4-29,31,33-38H2,1-3H3,(H,60,66)(H,61,70)(H,62,75)/b32-30+/t40-,41+,42-,43+,44+,45+,47+,48+,49+,50-,51+,52+,53+,54+,55+,56-,57+,59-/m0/s1. The molecule has 0 aliphatic carbocycles. The fourth-order valence-corrected chi connectivity index (χ4v) is 11.4. The smallest absolute Gasteiger partial charge is 0.280 e. The SMILES string of the molecule is CCCCCCCCCCCCC/C=C/[C@@H](O)[C@H](CO[C@@H]1O[C@H](CO)[C@@H](O[C@@H]2O[C@H](CO)[C@H](O)[C@@H]3O[C@@]4(C[C@H](O)[C@@H](NC(C)=O)[C@H]([C@H](O)[C@H](O)CO)O4)C(=O)N[C@@H]23)[C@H](O)[C@H]1O)NC(=O)CCCCCCCCCCCCCCCCC. The Hall–Kier alpha value is -2.49. The number of carbonyl (C=O) groups is 3. The molecule has 81 heavy (non-hydrogen) atoms. The average Bonchev–Trinajstić information content (AvgIpc) is 3.62. The fraction of sp³-hybridized carbons (Fsp3) is 0.915. The Bertz CT molecular complexity index is 1750. The summed E-state index contributed by atoms with van der Waals surface area (Å²) >= 11 is 0. The van der Waals surface area contributed by atoms with Crippen LogP contribution in [0.15, 0.2) is 12.2 Å². The molecule has 4 rings (SSSR count). The Morgan fingerprint density at radius 1 is 0.691 bits per heavy atom. The molecule has 0 aromatic heterocycles. The fourth-order valence-electron chi connectivity index (χ4n) is 11.4. The second-order valence-electron chi connectivity index (χ2n) is 23.1. The number of aliphatic hydroxyl groups is 10. The second kappa shape index (κ2) is 39.3. The molecule has 3 amide bonds. The number of allylic oxidation sites excluding steroid dienone is 1. The van der Waals surface area contributed by atoms with Crippen molar-refractivity contribution in [3.8, 4) is 0 Å². The highest BCUT2D eigenvalue weighted by Crippen LogP contribution is 2.41. The van der Waals surface area contributed by atoms with Crippen LogP contribution in [0.4, 0.5) is 0 Å². The van der Waals surface area contributed by atoms with Crippen molar-refractivity contribution in [3.05, 3.63) is 12.2 Å². The summed E-state index contributed by atoms with van der Waals surface area (Å²) in [6.45, 7) is 2.59. The molecule has 4 heterocycles. The van der Waals surface area contributed by atoms with Crippen molar-refractivity contribution in [2.45, 2.75) is 317 Å². The van der Waals surface area contributed by atoms with Crippen molar-refractivity contribution in [1.82, 2.24) is 16.0 Å². The van der Waals surface area contributed by atoms with E-state index in [1.54, 1.807) is 6.08 Å². The predicted octanol–water partition coefficient (Wildman–Crippen LogP) is 3.22. The first-order valence-electron chi connectivity index (χ1n) is 31.1. The number of hydrogen-bond donors (Lipinski definition) is 13. The zero-order chi connectivity index (χ0) is 59.2. The van der Waals surface area contributed by atoms with E-state index in [4.69, 9.17) is 28.4 Å². The molecule has 4 saturated heterocycles. The van der Waals surface area contributed by atoms with E-state index in [9.17, 15) is 65.4 Å². The monoisotopic (exact) mass is 1160 g/mol. The number of fused-ring (bicyclic) bond motifs is 1. The predicted molar refractivity (Wildman–Crippen MR) is 300 cm³/mol. The maximum absolute atomic E-state index is 14.0. The third kappa shape index (κ3) is 23.4. The zero-order valence-corrected chi connectivity index (χ0v) is 49.0. The molecule has 0 saturated carbocycles. The van der Waals surface area contributed by atoms with Gasteiger partial charge in [-0.3, -0.25) is 14.4 Å². The minimum absolute atomic E-state index is 0.231. The summed E-state index contributed by atoms with van der Waals surface area (Å²) in [5.74, 6) is -4.54. The molecular weight excluding hydrogens is 1050 g/mol. The largest absolute Gasteiger partial charge is 0.394 e. The minimum atomic E-state index is -2.50. The van der Waals surface area contributed by atoms with Crippen molar-refractivity contribution in [1.29, 1.82) is 0 Å².